The van der Waals surface area contributed by atoms with E-state index in [-0.39, 0.29) is 23.6 Å². The summed E-state index contributed by atoms with van der Waals surface area (Å²) in [6, 6.07) is 16.3. The Morgan fingerprint density at radius 1 is 1.07 bits per heavy atom. The molecule has 2 N–H and O–H groups in total. The third kappa shape index (κ3) is 5.23. The molecule has 0 aliphatic rings. The van der Waals surface area contributed by atoms with E-state index < -0.39 is 0 Å². The number of thioether (sulfide) groups is 1. The quantitative estimate of drug-likeness (QED) is 0.584. The predicted octanol–water partition coefficient (Wildman–Crippen LogP) is 3.35. The molecule has 2 aromatic carbocycles. The lowest BCUT2D eigenvalue weighted by molar-refractivity contribution is -0.113. The van der Waals surface area contributed by atoms with Crippen molar-refractivity contribution in [1.82, 2.24) is 20.1 Å². The van der Waals surface area contributed by atoms with E-state index in [9.17, 15) is 9.59 Å². The fourth-order valence-corrected chi connectivity index (χ4v) is 3.51. The number of para-hydroxylation sites is 1. The number of carbonyl (C=O) groups is 2. The summed E-state index contributed by atoms with van der Waals surface area (Å²) in [4.78, 5) is 24.6. The smallest absolute Gasteiger partial charge is 0.251 e. The van der Waals surface area contributed by atoms with Crippen molar-refractivity contribution in [3.05, 3.63) is 71.5 Å². The van der Waals surface area contributed by atoms with Crippen LogP contribution in [-0.2, 0) is 11.8 Å². The maximum absolute atomic E-state index is 12.3. The molecule has 0 bridgehead atoms. The van der Waals surface area contributed by atoms with Crippen LogP contribution in [0.2, 0.25) is 0 Å². The monoisotopic (exact) mass is 409 g/mol. The van der Waals surface area contributed by atoms with Gasteiger partial charge in [-0.3, -0.25) is 9.59 Å². The van der Waals surface area contributed by atoms with Crippen molar-refractivity contribution in [1.29, 1.82) is 0 Å². The molecule has 1 aromatic heterocycles. The molecule has 1 atom stereocenters. The van der Waals surface area contributed by atoms with E-state index in [0.717, 1.165) is 11.3 Å². The Bertz CT molecular complexity index is 1000. The summed E-state index contributed by atoms with van der Waals surface area (Å²) >= 11 is 1.30. The van der Waals surface area contributed by atoms with Gasteiger partial charge in [0, 0.05) is 18.3 Å². The number of nitrogens with zero attached hydrogens (tertiary/aromatic N) is 3. The van der Waals surface area contributed by atoms with Gasteiger partial charge in [-0.15, -0.1) is 10.2 Å². The van der Waals surface area contributed by atoms with Gasteiger partial charge in [0.05, 0.1) is 11.8 Å². The zero-order chi connectivity index (χ0) is 20.8. The van der Waals surface area contributed by atoms with Crippen molar-refractivity contribution in [2.45, 2.75) is 25.0 Å². The lowest BCUT2D eigenvalue weighted by atomic mass is 10.2. The number of benzene rings is 2. The van der Waals surface area contributed by atoms with E-state index in [1.54, 1.807) is 16.7 Å². The Labute approximate surface area is 173 Å². The molecule has 0 saturated carbocycles. The molecule has 0 aliphatic carbocycles. The molecule has 0 unspecified atom stereocenters. The van der Waals surface area contributed by atoms with E-state index >= 15 is 0 Å². The highest BCUT2D eigenvalue weighted by molar-refractivity contribution is 7.99. The highest BCUT2D eigenvalue weighted by Gasteiger charge is 2.19. The molecule has 0 spiro atoms. The molecule has 8 heteroatoms. The van der Waals surface area contributed by atoms with E-state index in [1.807, 2.05) is 63.4 Å². The molecule has 0 radical (unpaired) electrons. The largest absolute Gasteiger partial charge is 0.342 e. The number of aromatic nitrogens is 3. The molecule has 0 saturated heterocycles. The number of aryl methyl sites for hydroxylation is 1. The molecule has 7 nitrogen and oxygen atoms in total. The maximum atomic E-state index is 12.3. The number of hydrogen-bond donors (Lipinski definition) is 2. The molecular formula is C21H23N5O2S. The summed E-state index contributed by atoms with van der Waals surface area (Å²) in [5.74, 6) is 0.550. The SMILES string of the molecule is Cc1ccccc1NC(=O)CSc1nnc([C@@H](C)NC(=O)c2ccccc2)n1C. The third-order valence-electron chi connectivity index (χ3n) is 4.39. The molecular weight excluding hydrogens is 386 g/mol. The first-order valence-corrected chi connectivity index (χ1v) is 10.2. The Kier molecular flexibility index (Phi) is 6.66. The van der Waals surface area contributed by atoms with Gasteiger partial charge in [0.2, 0.25) is 5.91 Å². The van der Waals surface area contributed by atoms with Crippen LogP contribution in [0.15, 0.2) is 59.8 Å². The highest BCUT2D eigenvalue weighted by atomic mass is 32.2. The third-order valence-corrected chi connectivity index (χ3v) is 5.41. The fraction of sp³-hybridized carbons (Fsp3) is 0.238. The molecule has 0 fully saturated rings. The van der Waals surface area contributed by atoms with Crippen molar-refractivity contribution in [3.63, 3.8) is 0 Å². The molecule has 3 rings (SSSR count). The van der Waals surface area contributed by atoms with Crippen LogP contribution in [0.1, 0.15) is 34.7 Å². The van der Waals surface area contributed by atoms with Gasteiger partial charge in [-0.25, -0.2) is 0 Å². The zero-order valence-electron chi connectivity index (χ0n) is 16.5. The van der Waals surface area contributed by atoms with Crippen LogP contribution in [0.25, 0.3) is 0 Å². The summed E-state index contributed by atoms with van der Waals surface area (Å²) in [7, 11) is 1.82. The minimum atomic E-state index is -0.324. The van der Waals surface area contributed by atoms with Gasteiger partial charge >= 0.3 is 0 Å². The van der Waals surface area contributed by atoms with Crippen LogP contribution >= 0.6 is 11.8 Å². The van der Waals surface area contributed by atoms with E-state index in [4.69, 9.17) is 0 Å². The van der Waals surface area contributed by atoms with Crippen LogP contribution in [0.3, 0.4) is 0 Å². The Balaban J connectivity index is 1.58. The van der Waals surface area contributed by atoms with Crippen molar-refractivity contribution >= 4 is 29.3 Å². The summed E-state index contributed by atoms with van der Waals surface area (Å²) < 4.78 is 1.79. The number of amides is 2. The predicted molar refractivity (Wildman–Crippen MR) is 114 cm³/mol. The minimum absolute atomic E-state index is 0.112. The van der Waals surface area contributed by atoms with Gasteiger partial charge in [-0.05, 0) is 37.6 Å². The standard InChI is InChI=1S/C21H23N5O2S/c1-14-9-7-8-12-17(14)23-18(27)13-29-21-25-24-19(26(21)3)15(2)22-20(28)16-10-5-4-6-11-16/h4-12,15H,13H2,1-3H3,(H,22,28)(H,23,27)/t15-/m1/s1. The second-order valence-electron chi connectivity index (χ2n) is 6.61. The van der Waals surface area contributed by atoms with E-state index in [2.05, 4.69) is 20.8 Å². The summed E-state index contributed by atoms with van der Waals surface area (Å²) in [6.45, 7) is 3.80. The molecule has 1 heterocycles. The summed E-state index contributed by atoms with van der Waals surface area (Å²) in [6.07, 6.45) is 0. The second-order valence-corrected chi connectivity index (χ2v) is 7.56. The first kappa shape index (κ1) is 20.6. The average Bonchev–Trinajstić information content (AvgIpc) is 3.09. The lowest BCUT2D eigenvalue weighted by Gasteiger charge is -2.13. The molecule has 2 amide bonds. The van der Waals surface area contributed by atoms with Gasteiger partial charge in [0.1, 0.15) is 0 Å². The molecule has 0 aliphatic heterocycles. The summed E-state index contributed by atoms with van der Waals surface area (Å²) in [5, 5.41) is 14.8. The number of rotatable bonds is 7. The van der Waals surface area contributed by atoms with Crippen molar-refractivity contribution in [2.24, 2.45) is 7.05 Å². The van der Waals surface area contributed by atoms with Crippen molar-refractivity contribution in [3.8, 4) is 0 Å². The minimum Gasteiger partial charge on any atom is -0.342 e. The van der Waals surface area contributed by atoms with E-state index in [0.29, 0.717) is 16.5 Å². The number of anilines is 1. The maximum Gasteiger partial charge on any atom is 0.251 e. The van der Waals surface area contributed by atoms with Crippen molar-refractivity contribution in [2.75, 3.05) is 11.1 Å². The normalized spacial score (nSPS) is 11.7. The van der Waals surface area contributed by atoms with Crippen LogP contribution < -0.4 is 10.6 Å². The van der Waals surface area contributed by atoms with Gasteiger partial charge in [-0.2, -0.15) is 0 Å². The Morgan fingerprint density at radius 3 is 2.48 bits per heavy atom. The second kappa shape index (κ2) is 9.38. The van der Waals surface area contributed by atoms with Crippen LogP contribution in [0.5, 0.6) is 0 Å². The number of hydrogen-bond acceptors (Lipinski definition) is 5. The van der Waals surface area contributed by atoms with Gasteiger partial charge in [-0.1, -0.05) is 48.2 Å². The Morgan fingerprint density at radius 2 is 1.76 bits per heavy atom. The zero-order valence-corrected chi connectivity index (χ0v) is 17.4. The van der Waals surface area contributed by atoms with Crippen LogP contribution in [-0.4, -0.2) is 32.3 Å². The molecule has 150 valence electrons. The average molecular weight is 410 g/mol. The lowest BCUT2D eigenvalue weighted by Crippen LogP contribution is -2.28. The first-order valence-electron chi connectivity index (χ1n) is 9.19. The molecule has 29 heavy (non-hydrogen) atoms. The number of nitrogens with one attached hydrogen (secondary N) is 2. The first-order chi connectivity index (χ1) is 14.0. The fourth-order valence-electron chi connectivity index (χ4n) is 2.79. The highest BCUT2D eigenvalue weighted by Crippen LogP contribution is 2.20. The van der Waals surface area contributed by atoms with Crippen LogP contribution in [0.4, 0.5) is 5.69 Å². The summed E-state index contributed by atoms with van der Waals surface area (Å²) in [5.41, 5.74) is 2.40. The number of carbonyl (C=O) groups excluding carboxylic acids is 2. The van der Waals surface area contributed by atoms with E-state index in [1.165, 1.54) is 11.8 Å². The van der Waals surface area contributed by atoms with Gasteiger partial charge in [0.25, 0.3) is 5.91 Å². The topological polar surface area (TPSA) is 88.9 Å². The van der Waals surface area contributed by atoms with Crippen LogP contribution in [0, 0.1) is 6.92 Å². The van der Waals surface area contributed by atoms with Gasteiger partial charge < -0.3 is 15.2 Å². The van der Waals surface area contributed by atoms with Gasteiger partial charge in [0.15, 0.2) is 11.0 Å². The Hall–Kier alpha value is -3.13. The van der Waals surface area contributed by atoms with Crippen molar-refractivity contribution < 1.29 is 9.59 Å². The molecule has 3 aromatic rings.